The zero-order valence-electron chi connectivity index (χ0n) is 17.3. The van der Waals surface area contributed by atoms with Crippen LogP contribution in [0.2, 0.25) is 0 Å². The van der Waals surface area contributed by atoms with Crippen LogP contribution in [0, 0.1) is 5.82 Å². The molecule has 0 saturated carbocycles. The van der Waals surface area contributed by atoms with E-state index in [-0.39, 0.29) is 29.6 Å². The van der Waals surface area contributed by atoms with Crippen molar-refractivity contribution in [3.63, 3.8) is 0 Å². The standard InChI is InChI=1S/C24H22FN3O2S/c1-3-28-23(30)19-12-16-8-4-5-9-17(16)13-21(19)26-24(28)31-15-22(29)27(2)14-18-10-6-7-11-20(18)25/h4-13H,3,14-15H2,1-2H3. The normalized spacial score (nSPS) is 11.2. The summed E-state index contributed by atoms with van der Waals surface area (Å²) in [5.74, 6) is -0.391. The number of carbonyl (C=O) groups is 1. The molecule has 5 nitrogen and oxygen atoms in total. The van der Waals surface area contributed by atoms with Crippen molar-refractivity contribution in [1.82, 2.24) is 14.5 Å². The van der Waals surface area contributed by atoms with Crippen LogP contribution >= 0.6 is 11.8 Å². The van der Waals surface area contributed by atoms with Gasteiger partial charge in [0.25, 0.3) is 5.56 Å². The maximum absolute atomic E-state index is 13.9. The highest BCUT2D eigenvalue weighted by Crippen LogP contribution is 2.23. The van der Waals surface area contributed by atoms with E-state index < -0.39 is 0 Å². The average molecular weight is 436 g/mol. The third-order valence-electron chi connectivity index (χ3n) is 5.22. The van der Waals surface area contributed by atoms with Gasteiger partial charge in [0.2, 0.25) is 5.91 Å². The van der Waals surface area contributed by atoms with Crippen LogP contribution in [0.1, 0.15) is 12.5 Å². The number of thioether (sulfide) groups is 1. The Kier molecular flexibility index (Phi) is 6.04. The monoisotopic (exact) mass is 435 g/mol. The number of aromatic nitrogens is 2. The SMILES string of the molecule is CCn1c(SCC(=O)N(C)Cc2ccccc2F)nc2cc3ccccc3cc2c1=O. The summed E-state index contributed by atoms with van der Waals surface area (Å²) in [5.41, 5.74) is 0.959. The summed E-state index contributed by atoms with van der Waals surface area (Å²) in [5, 5.41) is 3.06. The number of carbonyl (C=O) groups excluding carboxylic acids is 1. The van der Waals surface area contributed by atoms with Crippen LogP contribution in [-0.4, -0.2) is 33.2 Å². The van der Waals surface area contributed by atoms with Crippen LogP contribution in [0.3, 0.4) is 0 Å². The molecule has 1 heterocycles. The second kappa shape index (κ2) is 8.89. The molecule has 0 unspecified atom stereocenters. The Morgan fingerprint density at radius 1 is 1.10 bits per heavy atom. The van der Waals surface area contributed by atoms with Crippen LogP contribution in [0.15, 0.2) is 70.6 Å². The van der Waals surface area contributed by atoms with E-state index in [1.807, 2.05) is 43.3 Å². The van der Waals surface area contributed by atoms with Gasteiger partial charge in [0.05, 0.1) is 16.7 Å². The number of amides is 1. The molecule has 158 valence electrons. The molecular formula is C24H22FN3O2S. The van der Waals surface area contributed by atoms with Gasteiger partial charge in [-0.25, -0.2) is 9.37 Å². The summed E-state index contributed by atoms with van der Waals surface area (Å²) in [4.78, 5) is 31.8. The molecule has 1 aromatic heterocycles. The summed E-state index contributed by atoms with van der Waals surface area (Å²) in [6.45, 7) is 2.52. The van der Waals surface area contributed by atoms with Gasteiger partial charge in [-0.1, -0.05) is 54.2 Å². The Labute approximate surface area is 183 Å². The van der Waals surface area contributed by atoms with E-state index in [0.717, 1.165) is 10.8 Å². The highest BCUT2D eigenvalue weighted by molar-refractivity contribution is 7.99. The molecule has 3 aromatic carbocycles. The molecule has 0 saturated heterocycles. The molecule has 31 heavy (non-hydrogen) atoms. The molecule has 4 aromatic rings. The molecule has 0 radical (unpaired) electrons. The van der Waals surface area contributed by atoms with E-state index in [9.17, 15) is 14.0 Å². The fourth-order valence-electron chi connectivity index (χ4n) is 3.48. The average Bonchev–Trinajstić information content (AvgIpc) is 2.78. The largest absolute Gasteiger partial charge is 0.341 e. The first kappa shape index (κ1) is 21.1. The first-order valence-electron chi connectivity index (χ1n) is 10.0. The summed E-state index contributed by atoms with van der Waals surface area (Å²) in [6, 6.07) is 18.0. The molecule has 0 spiro atoms. The van der Waals surface area contributed by atoms with E-state index in [0.29, 0.717) is 28.2 Å². The van der Waals surface area contributed by atoms with E-state index in [1.165, 1.54) is 22.7 Å². The van der Waals surface area contributed by atoms with Crippen molar-refractivity contribution < 1.29 is 9.18 Å². The van der Waals surface area contributed by atoms with Crippen LogP contribution in [0.5, 0.6) is 0 Å². The smallest absolute Gasteiger partial charge is 0.262 e. The van der Waals surface area contributed by atoms with Gasteiger partial charge in [-0.05, 0) is 35.9 Å². The van der Waals surface area contributed by atoms with Gasteiger partial charge >= 0.3 is 0 Å². The van der Waals surface area contributed by atoms with E-state index in [4.69, 9.17) is 0 Å². The molecule has 0 atom stereocenters. The quantitative estimate of drug-likeness (QED) is 0.255. The molecule has 4 rings (SSSR count). The molecular weight excluding hydrogens is 413 g/mol. The van der Waals surface area contributed by atoms with Gasteiger partial charge in [-0.2, -0.15) is 0 Å². The van der Waals surface area contributed by atoms with Gasteiger partial charge in [0.1, 0.15) is 5.82 Å². The van der Waals surface area contributed by atoms with Crippen molar-refractivity contribution >= 4 is 39.3 Å². The molecule has 7 heteroatoms. The lowest BCUT2D eigenvalue weighted by Crippen LogP contribution is -2.29. The van der Waals surface area contributed by atoms with Crippen molar-refractivity contribution in [2.24, 2.45) is 0 Å². The topological polar surface area (TPSA) is 55.2 Å². The van der Waals surface area contributed by atoms with Crippen LogP contribution in [-0.2, 0) is 17.9 Å². The Bertz CT molecular complexity index is 1340. The summed E-state index contributed by atoms with van der Waals surface area (Å²) >= 11 is 1.22. The summed E-state index contributed by atoms with van der Waals surface area (Å²) in [7, 11) is 1.64. The Hall–Kier alpha value is -3.19. The third kappa shape index (κ3) is 4.32. The van der Waals surface area contributed by atoms with Crippen molar-refractivity contribution in [3.05, 3.63) is 82.4 Å². The zero-order chi connectivity index (χ0) is 22.0. The zero-order valence-corrected chi connectivity index (χ0v) is 18.2. The van der Waals surface area contributed by atoms with E-state index in [1.54, 1.807) is 29.8 Å². The number of nitrogens with zero attached hydrogens (tertiary/aromatic N) is 3. The number of halogens is 1. The van der Waals surface area contributed by atoms with Gasteiger partial charge in [-0.3, -0.25) is 14.2 Å². The molecule has 0 fully saturated rings. The fourth-order valence-corrected chi connectivity index (χ4v) is 4.49. The van der Waals surface area contributed by atoms with Crippen LogP contribution < -0.4 is 5.56 Å². The van der Waals surface area contributed by atoms with Crippen LogP contribution in [0.25, 0.3) is 21.7 Å². The summed E-state index contributed by atoms with van der Waals surface area (Å²) < 4.78 is 15.5. The predicted molar refractivity (Wildman–Crippen MR) is 123 cm³/mol. The number of rotatable bonds is 6. The molecule has 0 aliphatic rings. The second-order valence-corrected chi connectivity index (χ2v) is 8.23. The van der Waals surface area contributed by atoms with Crippen LogP contribution in [0.4, 0.5) is 4.39 Å². The number of fused-ring (bicyclic) bond motifs is 2. The summed E-state index contributed by atoms with van der Waals surface area (Å²) in [6.07, 6.45) is 0. The van der Waals surface area contributed by atoms with Gasteiger partial charge in [0.15, 0.2) is 5.16 Å². The lowest BCUT2D eigenvalue weighted by molar-refractivity contribution is -0.127. The van der Waals surface area contributed by atoms with Crippen molar-refractivity contribution in [2.45, 2.75) is 25.2 Å². The minimum Gasteiger partial charge on any atom is -0.341 e. The number of benzene rings is 3. The van der Waals surface area contributed by atoms with Crippen molar-refractivity contribution in [2.75, 3.05) is 12.8 Å². The minimum atomic E-state index is -0.335. The lowest BCUT2D eigenvalue weighted by Gasteiger charge is -2.18. The van der Waals surface area contributed by atoms with Gasteiger partial charge < -0.3 is 4.90 Å². The highest BCUT2D eigenvalue weighted by atomic mass is 32.2. The maximum Gasteiger partial charge on any atom is 0.262 e. The Morgan fingerprint density at radius 2 is 1.77 bits per heavy atom. The minimum absolute atomic E-state index is 0.108. The molecule has 0 bridgehead atoms. The first-order chi connectivity index (χ1) is 15.0. The van der Waals surface area contributed by atoms with Gasteiger partial charge in [-0.15, -0.1) is 0 Å². The fraction of sp³-hybridized carbons (Fsp3) is 0.208. The Balaban J connectivity index is 1.58. The van der Waals surface area contributed by atoms with Gasteiger partial charge in [0, 0.05) is 25.7 Å². The third-order valence-corrected chi connectivity index (χ3v) is 6.18. The van der Waals surface area contributed by atoms with Crippen molar-refractivity contribution in [3.8, 4) is 0 Å². The van der Waals surface area contributed by atoms with Crippen molar-refractivity contribution in [1.29, 1.82) is 0 Å². The molecule has 0 aliphatic carbocycles. The second-order valence-electron chi connectivity index (χ2n) is 7.29. The molecule has 1 amide bonds. The maximum atomic E-state index is 13.9. The molecule has 0 N–H and O–H groups in total. The lowest BCUT2D eigenvalue weighted by atomic mass is 10.1. The highest BCUT2D eigenvalue weighted by Gasteiger charge is 2.16. The molecule has 0 aliphatic heterocycles. The number of hydrogen-bond acceptors (Lipinski definition) is 4. The Morgan fingerprint density at radius 3 is 2.48 bits per heavy atom. The number of hydrogen-bond donors (Lipinski definition) is 0. The first-order valence-corrected chi connectivity index (χ1v) is 11.0. The van der Waals surface area contributed by atoms with E-state index >= 15 is 0 Å². The van der Waals surface area contributed by atoms with E-state index in [2.05, 4.69) is 4.98 Å². The predicted octanol–water partition coefficient (Wildman–Crippen LogP) is 4.46.